The minimum absolute atomic E-state index is 0.120. The second-order valence-electron chi connectivity index (χ2n) is 5.32. The van der Waals surface area contributed by atoms with Gasteiger partial charge in [0.2, 0.25) is 6.41 Å². The number of anilines is 1. The number of amides is 1. The highest BCUT2D eigenvalue weighted by Gasteiger charge is 2.30. The quantitative estimate of drug-likeness (QED) is 0.366. The molecule has 0 saturated carbocycles. The minimum atomic E-state index is -0.360. The Morgan fingerprint density at radius 2 is 2.14 bits per heavy atom. The van der Waals surface area contributed by atoms with E-state index in [4.69, 9.17) is 16.3 Å². The lowest BCUT2D eigenvalue weighted by atomic mass is 9.95. The Kier molecular flexibility index (Phi) is 3.72. The van der Waals surface area contributed by atoms with E-state index in [2.05, 4.69) is 12.2 Å². The molecule has 4 nitrogen and oxygen atoms in total. The Labute approximate surface area is 127 Å². The van der Waals surface area contributed by atoms with Gasteiger partial charge in [-0.3, -0.25) is 9.59 Å². The maximum Gasteiger partial charge on any atom is 0.308 e. The molecule has 1 atom stereocenters. The van der Waals surface area contributed by atoms with Gasteiger partial charge in [-0.05, 0) is 23.6 Å². The fraction of sp³-hybridized carbons (Fsp3) is 0.375. The number of benzene rings is 1. The van der Waals surface area contributed by atoms with Gasteiger partial charge in [-0.1, -0.05) is 12.2 Å². The van der Waals surface area contributed by atoms with Gasteiger partial charge in [0.1, 0.15) is 5.75 Å². The van der Waals surface area contributed by atoms with Crippen molar-refractivity contribution >= 4 is 41.8 Å². The van der Waals surface area contributed by atoms with Crippen LogP contribution in [0.25, 0.3) is 12.2 Å². The van der Waals surface area contributed by atoms with Crippen LogP contribution in [0.15, 0.2) is 6.07 Å². The summed E-state index contributed by atoms with van der Waals surface area (Å²) in [6, 6.07) is 1.78. The first-order valence-electron chi connectivity index (χ1n) is 6.99. The molecule has 1 aromatic carbocycles. The summed E-state index contributed by atoms with van der Waals surface area (Å²) in [6.07, 6.45) is 6.90. The van der Waals surface area contributed by atoms with Gasteiger partial charge in [0.15, 0.2) is 0 Å². The third kappa shape index (κ3) is 2.33. The maximum atomic E-state index is 11.3. The van der Waals surface area contributed by atoms with Gasteiger partial charge in [0.05, 0.1) is 5.69 Å². The molecular weight excluding hydrogens is 290 g/mol. The number of carbonyl (C=O) groups excluding carboxylic acids is 2. The molecule has 21 heavy (non-hydrogen) atoms. The topological polar surface area (TPSA) is 46.6 Å². The molecule has 1 amide bonds. The van der Waals surface area contributed by atoms with Crippen LogP contribution in [-0.4, -0.2) is 24.8 Å². The summed E-state index contributed by atoms with van der Waals surface area (Å²) < 4.78 is 5.33. The summed E-state index contributed by atoms with van der Waals surface area (Å²) in [5.41, 5.74) is 1.90. The van der Waals surface area contributed by atoms with Crippen molar-refractivity contribution in [1.29, 1.82) is 0 Å². The van der Waals surface area contributed by atoms with Crippen LogP contribution in [0.1, 0.15) is 31.2 Å². The zero-order chi connectivity index (χ0) is 15.0. The van der Waals surface area contributed by atoms with E-state index in [0.29, 0.717) is 18.2 Å². The fourth-order valence-corrected chi connectivity index (χ4v) is 3.39. The standard InChI is InChI=1S/C16H16ClNO3/c1-10(20)21-15-6-14-16(11(7-17)8-18(14)9-19)13-5-3-2-4-12(13)15/h4-6,9,11H,2-3,7-8H2,1H3. The summed E-state index contributed by atoms with van der Waals surface area (Å²) >= 11 is 6.07. The van der Waals surface area contributed by atoms with Crippen molar-refractivity contribution < 1.29 is 14.3 Å². The van der Waals surface area contributed by atoms with E-state index < -0.39 is 0 Å². The van der Waals surface area contributed by atoms with E-state index >= 15 is 0 Å². The van der Waals surface area contributed by atoms with E-state index in [1.54, 1.807) is 11.0 Å². The molecule has 1 aliphatic heterocycles. The molecule has 0 N–H and O–H groups in total. The average Bonchev–Trinajstić information content (AvgIpc) is 2.85. The van der Waals surface area contributed by atoms with Crippen LogP contribution in [0.2, 0.25) is 0 Å². The Balaban J connectivity index is 2.30. The molecule has 1 heterocycles. The first-order chi connectivity index (χ1) is 10.2. The van der Waals surface area contributed by atoms with E-state index in [0.717, 1.165) is 40.9 Å². The highest BCUT2D eigenvalue weighted by Crippen LogP contribution is 2.35. The van der Waals surface area contributed by atoms with E-state index in [-0.39, 0.29) is 11.9 Å². The molecule has 2 aliphatic rings. The van der Waals surface area contributed by atoms with Gasteiger partial charge in [-0.15, -0.1) is 11.6 Å². The Morgan fingerprint density at radius 1 is 1.43 bits per heavy atom. The number of halogens is 1. The second kappa shape index (κ2) is 5.53. The average molecular weight is 306 g/mol. The fourth-order valence-electron chi connectivity index (χ4n) is 3.14. The smallest absolute Gasteiger partial charge is 0.308 e. The van der Waals surface area contributed by atoms with Gasteiger partial charge < -0.3 is 9.64 Å². The van der Waals surface area contributed by atoms with Crippen LogP contribution in [0.4, 0.5) is 5.69 Å². The van der Waals surface area contributed by atoms with Crippen molar-refractivity contribution in [2.24, 2.45) is 0 Å². The highest BCUT2D eigenvalue weighted by atomic mass is 35.5. The summed E-state index contributed by atoms with van der Waals surface area (Å²) in [5.74, 6) is 0.745. The lowest BCUT2D eigenvalue weighted by Crippen LogP contribution is -2.33. The van der Waals surface area contributed by atoms with Crippen LogP contribution >= 0.6 is 11.6 Å². The molecule has 1 aromatic rings. The molecule has 0 fully saturated rings. The lowest BCUT2D eigenvalue weighted by Gasteiger charge is -2.14. The highest BCUT2D eigenvalue weighted by molar-refractivity contribution is 6.18. The van der Waals surface area contributed by atoms with E-state index in [9.17, 15) is 9.59 Å². The third-order valence-corrected chi connectivity index (χ3v) is 4.33. The zero-order valence-corrected chi connectivity index (χ0v) is 12.5. The molecule has 0 bridgehead atoms. The van der Waals surface area contributed by atoms with Crippen LogP contribution < -0.4 is 20.1 Å². The van der Waals surface area contributed by atoms with Crippen molar-refractivity contribution in [1.82, 2.24) is 0 Å². The second-order valence-corrected chi connectivity index (χ2v) is 5.63. The lowest BCUT2D eigenvalue weighted by molar-refractivity contribution is -0.131. The normalized spacial score (nSPS) is 19.1. The summed E-state index contributed by atoms with van der Waals surface area (Å²) in [4.78, 5) is 24.2. The number of rotatable bonds is 3. The maximum absolute atomic E-state index is 11.3. The molecule has 0 spiro atoms. The molecule has 5 heteroatoms. The molecular formula is C16H16ClNO3. The number of nitrogens with zero attached hydrogens (tertiary/aromatic N) is 1. The number of esters is 1. The van der Waals surface area contributed by atoms with Crippen molar-refractivity contribution in [2.75, 3.05) is 17.3 Å². The molecule has 3 rings (SSSR count). The Hall–Kier alpha value is -1.81. The van der Waals surface area contributed by atoms with Crippen molar-refractivity contribution in [3.63, 3.8) is 0 Å². The molecule has 0 radical (unpaired) electrons. The molecule has 1 unspecified atom stereocenters. The predicted molar refractivity (Wildman–Crippen MR) is 82.0 cm³/mol. The number of alkyl halides is 1. The third-order valence-electron chi connectivity index (χ3n) is 3.96. The predicted octanol–water partition coefficient (Wildman–Crippen LogP) is 1.27. The molecule has 110 valence electrons. The largest absolute Gasteiger partial charge is 0.426 e. The summed E-state index contributed by atoms with van der Waals surface area (Å²) in [5, 5.41) is 2.00. The Bertz CT molecular complexity index is 726. The molecule has 0 saturated heterocycles. The van der Waals surface area contributed by atoms with Crippen molar-refractivity contribution in [3.8, 4) is 5.75 Å². The Morgan fingerprint density at radius 3 is 2.76 bits per heavy atom. The van der Waals surface area contributed by atoms with Gasteiger partial charge >= 0.3 is 5.97 Å². The molecule has 0 aromatic heterocycles. The first-order valence-corrected chi connectivity index (χ1v) is 7.52. The molecule has 1 aliphatic carbocycles. The van der Waals surface area contributed by atoms with Gasteiger partial charge in [-0.2, -0.15) is 0 Å². The van der Waals surface area contributed by atoms with E-state index in [1.165, 1.54) is 6.92 Å². The van der Waals surface area contributed by atoms with Crippen LogP contribution in [0.3, 0.4) is 0 Å². The number of hydrogen-bond donors (Lipinski definition) is 0. The van der Waals surface area contributed by atoms with Crippen LogP contribution in [0.5, 0.6) is 5.75 Å². The zero-order valence-electron chi connectivity index (χ0n) is 11.8. The number of ether oxygens (including phenoxy) is 1. The summed E-state index contributed by atoms with van der Waals surface area (Å²) in [6.45, 7) is 1.96. The monoisotopic (exact) mass is 305 g/mol. The SMILES string of the molecule is CC(=O)Oc1cc2c(c3c1=CCCC=3)C(CCl)CN2C=O. The van der Waals surface area contributed by atoms with Gasteiger partial charge in [-0.25, -0.2) is 0 Å². The van der Waals surface area contributed by atoms with Crippen LogP contribution in [-0.2, 0) is 9.59 Å². The summed E-state index contributed by atoms with van der Waals surface area (Å²) in [7, 11) is 0. The van der Waals surface area contributed by atoms with Crippen molar-refractivity contribution in [2.45, 2.75) is 25.7 Å². The van der Waals surface area contributed by atoms with Crippen LogP contribution in [0, 0.1) is 0 Å². The van der Waals surface area contributed by atoms with E-state index in [1.807, 2.05) is 0 Å². The van der Waals surface area contributed by atoms with Gasteiger partial charge in [0, 0.05) is 36.6 Å². The number of fused-ring (bicyclic) bond motifs is 3. The number of carbonyl (C=O) groups is 2. The number of hydrogen-bond acceptors (Lipinski definition) is 3. The first kappa shape index (κ1) is 14.1. The van der Waals surface area contributed by atoms with Gasteiger partial charge in [0.25, 0.3) is 0 Å². The van der Waals surface area contributed by atoms with Crippen molar-refractivity contribution in [3.05, 3.63) is 22.1 Å². The minimum Gasteiger partial charge on any atom is -0.426 e.